The number of hydrogen-bond donors (Lipinski definition) is 4. The van der Waals surface area contributed by atoms with Gasteiger partial charge in [0.15, 0.2) is 0 Å². The number of esters is 1. The van der Waals surface area contributed by atoms with Gasteiger partial charge in [-0.2, -0.15) is 0 Å². The van der Waals surface area contributed by atoms with Crippen molar-refractivity contribution in [2.24, 2.45) is 5.92 Å². The topological polar surface area (TPSA) is 151 Å². The Bertz CT molecular complexity index is 1740. The SMILES string of the molecule is COC(=O)[C@@H](NC(=O)[C@H](Cc1ccccc1)NC(=O)c1ccccc1-c1ccccc1C(=O)N[C@@H](Cc1ccccc1)C(=O)O)C(C)C. The van der Waals surface area contributed by atoms with Gasteiger partial charge in [-0.25, -0.2) is 9.59 Å². The molecule has 0 radical (unpaired) electrons. The molecule has 0 heterocycles. The Labute approximate surface area is 279 Å². The van der Waals surface area contributed by atoms with Crippen LogP contribution < -0.4 is 16.0 Å². The molecule has 248 valence electrons. The summed E-state index contributed by atoms with van der Waals surface area (Å²) in [6.45, 7) is 3.55. The highest BCUT2D eigenvalue weighted by atomic mass is 16.5. The normalized spacial score (nSPS) is 12.7. The van der Waals surface area contributed by atoms with Crippen LogP contribution in [0, 0.1) is 5.92 Å². The molecule has 4 aromatic carbocycles. The summed E-state index contributed by atoms with van der Waals surface area (Å²) in [7, 11) is 1.24. The Balaban J connectivity index is 1.63. The first-order valence-electron chi connectivity index (χ1n) is 15.6. The van der Waals surface area contributed by atoms with Crippen molar-refractivity contribution in [3.63, 3.8) is 0 Å². The van der Waals surface area contributed by atoms with Gasteiger partial charge in [0.25, 0.3) is 11.8 Å². The van der Waals surface area contributed by atoms with Crippen molar-refractivity contribution in [1.29, 1.82) is 0 Å². The van der Waals surface area contributed by atoms with E-state index in [1.807, 2.05) is 36.4 Å². The molecular weight excluding hydrogens is 610 g/mol. The average Bonchev–Trinajstić information content (AvgIpc) is 3.10. The van der Waals surface area contributed by atoms with E-state index >= 15 is 0 Å². The first-order valence-corrected chi connectivity index (χ1v) is 15.6. The molecule has 0 aliphatic carbocycles. The summed E-state index contributed by atoms with van der Waals surface area (Å²) in [5.74, 6) is -3.81. The lowest BCUT2D eigenvalue weighted by Crippen LogP contribution is -2.54. The van der Waals surface area contributed by atoms with Crippen molar-refractivity contribution < 1.29 is 33.8 Å². The van der Waals surface area contributed by atoms with Gasteiger partial charge < -0.3 is 25.8 Å². The third-order valence-corrected chi connectivity index (χ3v) is 7.84. The van der Waals surface area contributed by atoms with E-state index in [4.69, 9.17) is 4.74 Å². The van der Waals surface area contributed by atoms with Crippen LogP contribution in [-0.2, 0) is 32.0 Å². The number of carbonyl (C=O) groups excluding carboxylic acids is 4. The standard InChI is InChI=1S/C38H39N3O7/c1-24(2)33(38(47)48-3)41-36(44)31(22-25-14-6-4-7-15-25)39-34(42)29-20-12-10-18-27(29)28-19-11-13-21-30(28)35(43)40-32(37(45)46)23-26-16-8-5-9-17-26/h4-21,24,31-33H,22-23H2,1-3H3,(H,39,42)(H,40,43)(H,41,44)(H,45,46)/t31-,32-,33-/m0/s1. The zero-order valence-corrected chi connectivity index (χ0v) is 27.0. The van der Waals surface area contributed by atoms with E-state index in [1.165, 1.54) is 7.11 Å². The van der Waals surface area contributed by atoms with Crippen LogP contribution in [0.3, 0.4) is 0 Å². The smallest absolute Gasteiger partial charge is 0.328 e. The fourth-order valence-electron chi connectivity index (χ4n) is 5.29. The van der Waals surface area contributed by atoms with Crippen molar-refractivity contribution >= 4 is 29.7 Å². The van der Waals surface area contributed by atoms with Crippen LogP contribution >= 0.6 is 0 Å². The second-order valence-electron chi connectivity index (χ2n) is 11.6. The lowest BCUT2D eigenvalue weighted by Gasteiger charge is -2.25. The summed E-state index contributed by atoms with van der Waals surface area (Å²) in [6, 6.07) is 28.2. The maximum absolute atomic E-state index is 13.9. The van der Waals surface area contributed by atoms with Crippen LogP contribution in [0.15, 0.2) is 109 Å². The molecule has 0 aliphatic rings. The highest BCUT2D eigenvalue weighted by molar-refractivity contribution is 6.07. The molecule has 0 bridgehead atoms. The Hall–Kier alpha value is -5.77. The number of aliphatic carboxylic acids is 1. The highest BCUT2D eigenvalue weighted by Gasteiger charge is 2.30. The number of carboxylic acid groups (broad SMARTS) is 1. The predicted molar refractivity (Wildman–Crippen MR) is 181 cm³/mol. The maximum atomic E-state index is 13.9. The Kier molecular flexibility index (Phi) is 12.2. The molecule has 0 saturated carbocycles. The maximum Gasteiger partial charge on any atom is 0.328 e. The molecule has 3 amide bonds. The number of nitrogens with one attached hydrogen (secondary N) is 3. The van der Waals surface area contributed by atoms with Crippen LogP contribution in [0.5, 0.6) is 0 Å². The number of hydrogen-bond acceptors (Lipinski definition) is 6. The molecule has 0 spiro atoms. The molecule has 0 fully saturated rings. The van der Waals surface area contributed by atoms with Gasteiger partial charge in [-0.15, -0.1) is 0 Å². The van der Waals surface area contributed by atoms with Gasteiger partial charge in [-0.3, -0.25) is 14.4 Å². The van der Waals surface area contributed by atoms with E-state index < -0.39 is 47.8 Å². The van der Waals surface area contributed by atoms with E-state index in [-0.39, 0.29) is 29.9 Å². The third-order valence-electron chi connectivity index (χ3n) is 7.84. The quantitative estimate of drug-likeness (QED) is 0.148. The van der Waals surface area contributed by atoms with Gasteiger partial charge in [0.1, 0.15) is 18.1 Å². The molecule has 0 saturated heterocycles. The first-order chi connectivity index (χ1) is 23.1. The van der Waals surface area contributed by atoms with Crippen molar-refractivity contribution in [1.82, 2.24) is 16.0 Å². The van der Waals surface area contributed by atoms with Crippen molar-refractivity contribution in [3.8, 4) is 11.1 Å². The van der Waals surface area contributed by atoms with Crippen LogP contribution in [0.1, 0.15) is 45.7 Å². The minimum Gasteiger partial charge on any atom is -0.480 e. The van der Waals surface area contributed by atoms with Gasteiger partial charge in [0.05, 0.1) is 7.11 Å². The van der Waals surface area contributed by atoms with Gasteiger partial charge in [0.2, 0.25) is 5.91 Å². The number of carbonyl (C=O) groups is 5. The fourth-order valence-corrected chi connectivity index (χ4v) is 5.29. The minimum atomic E-state index is -1.19. The Morgan fingerprint density at radius 3 is 1.46 bits per heavy atom. The Morgan fingerprint density at radius 2 is 1.02 bits per heavy atom. The Morgan fingerprint density at radius 1 is 0.604 bits per heavy atom. The third kappa shape index (κ3) is 9.16. The lowest BCUT2D eigenvalue weighted by molar-refractivity contribution is -0.146. The number of carboxylic acids is 1. The second-order valence-corrected chi connectivity index (χ2v) is 11.6. The number of methoxy groups -OCH3 is 1. The van der Waals surface area contributed by atoms with E-state index in [2.05, 4.69) is 16.0 Å². The minimum absolute atomic E-state index is 0.0849. The number of rotatable bonds is 14. The molecular formula is C38H39N3O7. The van der Waals surface area contributed by atoms with Crippen LogP contribution in [-0.4, -0.2) is 60.0 Å². The molecule has 4 rings (SSSR count). The molecule has 0 unspecified atom stereocenters. The zero-order valence-electron chi connectivity index (χ0n) is 27.0. The molecule has 10 nitrogen and oxygen atoms in total. The van der Waals surface area contributed by atoms with Gasteiger partial charge in [-0.1, -0.05) is 111 Å². The number of ether oxygens (including phenoxy) is 1. The molecule has 48 heavy (non-hydrogen) atoms. The fraction of sp³-hybridized carbons (Fsp3) is 0.237. The molecule has 10 heteroatoms. The summed E-state index contributed by atoms with van der Waals surface area (Å²) in [6.07, 6.45) is 0.227. The average molecular weight is 650 g/mol. The van der Waals surface area contributed by atoms with Crippen molar-refractivity contribution in [3.05, 3.63) is 131 Å². The largest absolute Gasteiger partial charge is 0.480 e. The van der Waals surface area contributed by atoms with E-state index in [0.717, 1.165) is 11.1 Å². The summed E-state index contributed by atoms with van der Waals surface area (Å²) in [4.78, 5) is 65.6. The number of benzene rings is 4. The summed E-state index contributed by atoms with van der Waals surface area (Å²) in [5, 5.41) is 18.1. The summed E-state index contributed by atoms with van der Waals surface area (Å²) in [5.41, 5.74) is 2.71. The molecule has 0 aliphatic heterocycles. The van der Waals surface area contributed by atoms with Gasteiger partial charge >= 0.3 is 11.9 Å². The van der Waals surface area contributed by atoms with Crippen LogP contribution in [0.25, 0.3) is 11.1 Å². The van der Waals surface area contributed by atoms with Crippen LogP contribution in [0.4, 0.5) is 0 Å². The number of amides is 3. The van der Waals surface area contributed by atoms with Crippen molar-refractivity contribution in [2.75, 3.05) is 7.11 Å². The molecule has 4 N–H and O–H groups in total. The summed E-state index contributed by atoms with van der Waals surface area (Å²) >= 11 is 0. The highest BCUT2D eigenvalue weighted by Crippen LogP contribution is 2.28. The van der Waals surface area contributed by atoms with Gasteiger partial charge in [0, 0.05) is 24.0 Å². The summed E-state index contributed by atoms with van der Waals surface area (Å²) < 4.78 is 4.88. The van der Waals surface area contributed by atoms with E-state index in [0.29, 0.717) is 11.1 Å². The second kappa shape index (κ2) is 16.7. The zero-order chi connectivity index (χ0) is 34.6. The lowest BCUT2D eigenvalue weighted by atomic mass is 9.94. The van der Waals surface area contributed by atoms with Gasteiger partial charge in [-0.05, 0) is 40.3 Å². The first kappa shape index (κ1) is 35.1. The molecule has 4 aromatic rings. The van der Waals surface area contributed by atoms with Crippen molar-refractivity contribution in [2.45, 2.75) is 44.8 Å². The molecule has 0 aromatic heterocycles. The molecule has 3 atom stereocenters. The van der Waals surface area contributed by atoms with Crippen LogP contribution in [0.2, 0.25) is 0 Å². The van der Waals surface area contributed by atoms with E-state index in [9.17, 15) is 29.1 Å². The van der Waals surface area contributed by atoms with E-state index in [1.54, 1.807) is 86.6 Å². The predicted octanol–water partition coefficient (Wildman–Crippen LogP) is 4.43. The monoisotopic (exact) mass is 649 g/mol.